The lowest BCUT2D eigenvalue weighted by atomic mass is 9.83. The lowest BCUT2D eigenvalue weighted by Gasteiger charge is -2.32. The van der Waals surface area contributed by atoms with Gasteiger partial charge in [0.05, 0.1) is 5.56 Å². The average molecular weight is 287 g/mol. The van der Waals surface area contributed by atoms with Gasteiger partial charge in [-0.25, -0.2) is 4.79 Å². The fraction of sp³-hybridized carbons (Fsp3) is 0.412. The maximum Gasteiger partial charge on any atom is 0.335 e. The van der Waals surface area contributed by atoms with E-state index in [4.69, 9.17) is 5.11 Å². The molecule has 4 heteroatoms. The minimum atomic E-state index is -0.982. The summed E-state index contributed by atoms with van der Waals surface area (Å²) in [5.74, 6) is -1.03. The molecular formula is C17H21NO3. The first-order valence-corrected chi connectivity index (χ1v) is 7.11. The van der Waals surface area contributed by atoms with Crippen LogP contribution in [0.15, 0.2) is 35.9 Å². The van der Waals surface area contributed by atoms with Crippen molar-refractivity contribution < 1.29 is 14.7 Å². The first-order valence-electron chi connectivity index (χ1n) is 7.11. The number of nitrogens with zero attached hydrogens (tertiary/aromatic N) is 1. The van der Waals surface area contributed by atoms with Crippen LogP contribution < -0.4 is 0 Å². The smallest absolute Gasteiger partial charge is 0.335 e. The van der Waals surface area contributed by atoms with Crippen molar-refractivity contribution in [3.05, 3.63) is 47.0 Å². The summed E-state index contributed by atoms with van der Waals surface area (Å²) in [6.45, 7) is 7.87. The summed E-state index contributed by atoms with van der Waals surface area (Å²) in [5, 5.41) is 8.87. The molecule has 0 aliphatic carbocycles. The van der Waals surface area contributed by atoms with E-state index in [0.29, 0.717) is 18.7 Å². The second-order valence-corrected chi connectivity index (χ2v) is 6.36. The summed E-state index contributed by atoms with van der Waals surface area (Å²) < 4.78 is 0. The van der Waals surface area contributed by atoms with Gasteiger partial charge in [-0.15, -0.1) is 0 Å². The normalized spacial score (nSPS) is 15.6. The summed E-state index contributed by atoms with van der Waals surface area (Å²) in [6.07, 6.45) is 3.02. The molecule has 21 heavy (non-hydrogen) atoms. The lowest BCUT2D eigenvalue weighted by Crippen LogP contribution is -2.36. The van der Waals surface area contributed by atoms with Crippen molar-refractivity contribution in [2.24, 2.45) is 5.41 Å². The molecule has 4 nitrogen and oxygen atoms in total. The molecule has 1 aliphatic heterocycles. The largest absolute Gasteiger partial charge is 0.478 e. The van der Waals surface area contributed by atoms with E-state index in [9.17, 15) is 9.59 Å². The van der Waals surface area contributed by atoms with Crippen LogP contribution in [-0.2, 0) is 0 Å². The molecule has 112 valence electrons. The number of carboxylic acid groups (broad SMARTS) is 1. The Labute approximate surface area is 125 Å². The molecule has 1 aromatic rings. The lowest BCUT2D eigenvalue weighted by molar-refractivity contribution is 0.0694. The molecule has 0 saturated heterocycles. The van der Waals surface area contributed by atoms with Crippen LogP contribution >= 0.6 is 0 Å². The Balaban J connectivity index is 2.08. The van der Waals surface area contributed by atoms with E-state index in [1.807, 2.05) is 0 Å². The Morgan fingerprint density at radius 2 is 1.67 bits per heavy atom. The van der Waals surface area contributed by atoms with Gasteiger partial charge in [-0.05, 0) is 36.1 Å². The van der Waals surface area contributed by atoms with Gasteiger partial charge in [0.15, 0.2) is 0 Å². The molecule has 1 amide bonds. The van der Waals surface area contributed by atoms with E-state index in [2.05, 4.69) is 26.8 Å². The SMILES string of the molecule is CC(C)(C)C1=CCN(C(=O)c2ccc(C(=O)O)cc2)CC1. The zero-order chi connectivity index (χ0) is 15.6. The highest BCUT2D eigenvalue weighted by Gasteiger charge is 2.24. The first kappa shape index (κ1) is 15.3. The van der Waals surface area contributed by atoms with Crippen LogP contribution in [0.25, 0.3) is 0 Å². The van der Waals surface area contributed by atoms with Crippen molar-refractivity contribution in [1.82, 2.24) is 4.90 Å². The number of carbonyl (C=O) groups excluding carboxylic acids is 1. The maximum atomic E-state index is 12.4. The fourth-order valence-corrected chi connectivity index (χ4v) is 2.47. The van der Waals surface area contributed by atoms with Crippen LogP contribution in [0.4, 0.5) is 0 Å². The van der Waals surface area contributed by atoms with Crippen LogP contribution in [0.3, 0.4) is 0 Å². The van der Waals surface area contributed by atoms with Crippen molar-refractivity contribution in [3.8, 4) is 0 Å². The molecule has 0 bridgehead atoms. The minimum Gasteiger partial charge on any atom is -0.478 e. The third kappa shape index (κ3) is 3.51. The summed E-state index contributed by atoms with van der Waals surface area (Å²) in [4.78, 5) is 25.0. The van der Waals surface area contributed by atoms with Gasteiger partial charge in [0.2, 0.25) is 0 Å². The zero-order valence-corrected chi connectivity index (χ0v) is 12.7. The van der Waals surface area contributed by atoms with E-state index < -0.39 is 5.97 Å². The summed E-state index contributed by atoms with van der Waals surface area (Å²) in [7, 11) is 0. The van der Waals surface area contributed by atoms with Crippen LogP contribution in [-0.4, -0.2) is 35.0 Å². The number of aromatic carboxylic acids is 1. The Morgan fingerprint density at radius 3 is 2.10 bits per heavy atom. The van der Waals surface area contributed by atoms with Crippen molar-refractivity contribution in [2.45, 2.75) is 27.2 Å². The highest BCUT2D eigenvalue weighted by molar-refractivity contribution is 5.96. The quantitative estimate of drug-likeness (QED) is 0.850. The molecular weight excluding hydrogens is 266 g/mol. The molecule has 0 unspecified atom stereocenters. The predicted octanol–water partition coefficient (Wildman–Crippen LogP) is 3.20. The molecule has 0 radical (unpaired) electrons. The van der Waals surface area contributed by atoms with Gasteiger partial charge in [-0.1, -0.05) is 32.4 Å². The molecule has 1 N–H and O–H groups in total. The van der Waals surface area contributed by atoms with Crippen molar-refractivity contribution in [2.75, 3.05) is 13.1 Å². The van der Waals surface area contributed by atoms with Crippen LogP contribution in [0, 0.1) is 5.41 Å². The fourth-order valence-electron chi connectivity index (χ4n) is 2.47. The molecule has 1 heterocycles. The Kier molecular flexibility index (Phi) is 4.16. The van der Waals surface area contributed by atoms with E-state index in [1.54, 1.807) is 17.0 Å². The van der Waals surface area contributed by atoms with Crippen LogP contribution in [0.1, 0.15) is 47.9 Å². The number of rotatable bonds is 2. The third-order valence-electron chi connectivity index (χ3n) is 3.84. The van der Waals surface area contributed by atoms with E-state index in [1.165, 1.54) is 17.7 Å². The number of benzene rings is 1. The highest BCUT2D eigenvalue weighted by Crippen LogP contribution is 2.30. The van der Waals surface area contributed by atoms with Crippen molar-refractivity contribution >= 4 is 11.9 Å². The first-order chi connectivity index (χ1) is 9.79. The molecule has 1 aliphatic rings. The predicted molar refractivity (Wildman–Crippen MR) is 81.5 cm³/mol. The zero-order valence-electron chi connectivity index (χ0n) is 12.7. The van der Waals surface area contributed by atoms with Gasteiger partial charge in [0.25, 0.3) is 5.91 Å². The summed E-state index contributed by atoms with van der Waals surface area (Å²) in [6, 6.07) is 6.09. The highest BCUT2D eigenvalue weighted by atomic mass is 16.4. The Bertz CT molecular complexity index is 579. The molecule has 0 atom stereocenters. The van der Waals surface area contributed by atoms with Gasteiger partial charge in [0, 0.05) is 18.7 Å². The van der Waals surface area contributed by atoms with Crippen molar-refractivity contribution in [3.63, 3.8) is 0 Å². The maximum absolute atomic E-state index is 12.4. The number of hydrogen-bond donors (Lipinski definition) is 1. The number of hydrogen-bond acceptors (Lipinski definition) is 2. The van der Waals surface area contributed by atoms with Gasteiger partial charge < -0.3 is 10.0 Å². The van der Waals surface area contributed by atoms with Gasteiger partial charge in [-0.3, -0.25) is 4.79 Å². The second-order valence-electron chi connectivity index (χ2n) is 6.36. The molecule has 2 rings (SSSR count). The summed E-state index contributed by atoms with van der Waals surface area (Å²) in [5.41, 5.74) is 2.26. The number of carboxylic acids is 1. The minimum absolute atomic E-state index is 0.0452. The van der Waals surface area contributed by atoms with Crippen LogP contribution in [0.5, 0.6) is 0 Å². The molecule has 0 aromatic heterocycles. The molecule has 0 spiro atoms. The van der Waals surface area contributed by atoms with Crippen LogP contribution in [0.2, 0.25) is 0 Å². The Hall–Kier alpha value is -2.10. The number of carbonyl (C=O) groups is 2. The third-order valence-corrected chi connectivity index (χ3v) is 3.84. The summed E-state index contributed by atoms with van der Waals surface area (Å²) >= 11 is 0. The van der Waals surface area contributed by atoms with Gasteiger partial charge >= 0.3 is 5.97 Å². The average Bonchev–Trinajstić information content (AvgIpc) is 2.46. The topological polar surface area (TPSA) is 57.6 Å². The Morgan fingerprint density at radius 1 is 1.10 bits per heavy atom. The van der Waals surface area contributed by atoms with Gasteiger partial charge in [-0.2, -0.15) is 0 Å². The van der Waals surface area contributed by atoms with E-state index in [0.717, 1.165) is 6.42 Å². The second kappa shape index (κ2) is 5.72. The molecule has 0 fully saturated rings. The van der Waals surface area contributed by atoms with Gasteiger partial charge in [0.1, 0.15) is 0 Å². The van der Waals surface area contributed by atoms with E-state index in [-0.39, 0.29) is 16.9 Å². The van der Waals surface area contributed by atoms with Crippen molar-refractivity contribution in [1.29, 1.82) is 0 Å². The number of amides is 1. The standard InChI is InChI=1S/C17H21NO3/c1-17(2,3)14-8-10-18(11-9-14)15(19)12-4-6-13(7-5-12)16(20)21/h4-8H,9-11H2,1-3H3,(H,20,21). The van der Waals surface area contributed by atoms with E-state index >= 15 is 0 Å². The molecule has 1 aromatic carbocycles. The molecule has 0 saturated carbocycles. The monoisotopic (exact) mass is 287 g/mol.